The molecular formula is C16H22F2N2OS. The number of hydrogen-bond acceptors (Lipinski definition) is 3. The Morgan fingerprint density at radius 3 is 2.64 bits per heavy atom. The summed E-state index contributed by atoms with van der Waals surface area (Å²) in [7, 11) is 1.71. The van der Waals surface area contributed by atoms with Crippen LogP contribution in [0.15, 0.2) is 23.1 Å². The van der Waals surface area contributed by atoms with Crippen LogP contribution in [0.1, 0.15) is 26.2 Å². The Morgan fingerprint density at radius 1 is 1.36 bits per heavy atom. The van der Waals surface area contributed by atoms with E-state index in [0.717, 1.165) is 34.9 Å². The van der Waals surface area contributed by atoms with Crippen LogP contribution >= 0.6 is 11.8 Å². The molecule has 3 nitrogen and oxygen atoms in total. The summed E-state index contributed by atoms with van der Waals surface area (Å²) < 4.78 is 26.5. The Labute approximate surface area is 134 Å². The first-order valence-corrected chi connectivity index (χ1v) is 8.53. The molecule has 0 N–H and O–H groups in total. The third kappa shape index (κ3) is 4.12. The number of amides is 1. The van der Waals surface area contributed by atoms with Gasteiger partial charge in [-0.2, -0.15) is 0 Å². The standard InChI is InChI=1S/C16H22F2N2OS/c1-3-10-22-15-5-4-13(11-14(15)19(2)12-21)20-8-6-16(17,18)7-9-20/h4-5,11-12H,3,6-10H2,1-2H3. The second kappa shape index (κ2) is 7.31. The summed E-state index contributed by atoms with van der Waals surface area (Å²) >= 11 is 1.71. The number of alkyl halides is 2. The van der Waals surface area contributed by atoms with Crippen LogP contribution in [0.2, 0.25) is 0 Å². The molecule has 2 rings (SSSR count). The fourth-order valence-corrected chi connectivity index (χ4v) is 3.40. The highest BCUT2D eigenvalue weighted by Gasteiger charge is 2.34. The van der Waals surface area contributed by atoms with Crippen molar-refractivity contribution in [1.82, 2.24) is 0 Å². The van der Waals surface area contributed by atoms with Gasteiger partial charge < -0.3 is 9.80 Å². The number of carbonyl (C=O) groups is 1. The van der Waals surface area contributed by atoms with E-state index in [2.05, 4.69) is 6.92 Å². The third-order valence-corrected chi connectivity index (χ3v) is 5.07. The normalized spacial score (nSPS) is 17.4. The molecule has 0 unspecified atom stereocenters. The minimum Gasteiger partial charge on any atom is -0.371 e. The van der Waals surface area contributed by atoms with Crippen LogP contribution in [-0.2, 0) is 4.79 Å². The van der Waals surface area contributed by atoms with Crippen molar-refractivity contribution < 1.29 is 13.6 Å². The number of benzene rings is 1. The molecule has 0 spiro atoms. The molecule has 0 aliphatic carbocycles. The number of carbonyl (C=O) groups excluding carboxylic acids is 1. The maximum atomic E-state index is 13.3. The van der Waals surface area contributed by atoms with E-state index >= 15 is 0 Å². The third-order valence-electron chi connectivity index (χ3n) is 3.80. The number of piperidine rings is 1. The highest BCUT2D eigenvalue weighted by atomic mass is 32.2. The Hall–Kier alpha value is -1.30. The maximum absolute atomic E-state index is 13.3. The van der Waals surface area contributed by atoms with E-state index in [1.807, 2.05) is 23.1 Å². The van der Waals surface area contributed by atoms with Crippen molar-refractivity contribution in [3.8, 4) is 0 Å². The van der Waals surface area contributed by atoms with E-state index < -0.39 is 5.92 Å². The van der Waals surface area contributed by atoms with Gasteiger partial charge in [0.25, 0.3) is 5.92 Å². The molecule has 1 aromatic rings. The van der Waals surface area contributed by atoms with Gasteiger partial charge in [-0.15, -0.1) is 11.8 Å². The molecule has 0 atom stereocenters. The quantitative estimate of drug-likeness (QED) is 0.582. The Bertz CT molecular complexity index is 515. The van der Waals surface area contributed by atoms with E-state index in [4.69, 9.17) is 0 Å². The summed E-state index contributed by atoms with van der Waals surface area (Å²) in [5.74, 6) is -1.56. The molecule has 22 heavy (non-hydrogen) atoms. The van der Waals surface area contributed by atoms with Crippen LogP contribution in [-0.4, -0.2) is 38.2 Å². The zero-order chi connectivity index (χ0) is 16.2. The predicted molar refractivity (Wildman–Crippen MR) is 88.3 cm³/mol. The SMILES string of the molecule is CCCSc1ccc(N2CCC(F)(F)CC2)cc1N(C)C=O. The first-order chi connectivity index (χ1) is 10.5. The van der Waals surface area contributed by atoms with Gasteiger partial charge in [-0.1, -0.05) is 6.92 Å². The average molecular weight is 328 g/mol. The van der Waals surface area contributed by atoms with Gasteiger partial charge in [0.15, 0.2) is 0 Å². The fraction of sp³-hybridized carbons (Fsp3) is 0.562. The van der Waals surface area contributed by atoms with Crippen molar-refractivity contribution in [2.45, 2.75) is 37.0 Å². The minimum absolute atomic E-state index is 0.113. The van der Waals surface area contributed by atoms with Gasteiger partial charge in [0, 0.05) is 43.6 Å². The average Bonchev–Trinajstić information content (AvgIpc) is 2.52. The second-order valence-electron chi connectivity index (χ2n) is 5.56. The van der Waals surface area contributed by atoms with Gasteiger partial charge in [-0.25, -0.2) is 8.78 Å². The Balaban J connectivity index is 2.21. The summed E-state index contributed by atoms with van der Waals surface area (Å²) in [6.07, 6.45) is 1.60. The smallest absolute Gasteiger partial charge is 0.251 e. The van der Waals surface area contributed by atoms with E-state index in [1.54, 1.807) is 23.7 Å². The van der Waals surface area contributed by atoms with Crippen molar-refractivity contribution >= 4 is 29.5 Å². The number of hydrogen-bond donors (Lipinski definition) is 0. The predicted octanol–water partition coefficient (Wildman–Crippen LogP) is 4.02. The summed E-state index contributed by atoms with van der Waals surface area (Å²) in [6, 6.07) is 5.87. The molecule has 1 heterocycles. The topological polar surface area (TPSA) is 23.6 Å². The van der Waals surface area contributed by atoms with E-state index in [1.165, 1.54) is 0 Å². The summed E-state index contributed by atoms with van der Waals surface area (Å²) in [6.45, 7) is 2.80. The van der Waals surface area contributed by atoms with Crippen molar-refractivity contribution in [3.63, 3.8) is 0 Å². The van der Waals surface area contributed by atoms with Crippen LogP contribution in [0.5, 0.6) is 0 Å². The van der Waals surface area contributed by atoms with Crippen LogP contribution in [0.4, 0.5) is 20.2 Å². The molecule has 1 fully saturated rings. The highest BCUT2D eigenvalue weighted by Crippen LogP contribution is 2.36. The molecule has 122 valence electrons. The molecule has 1 aromatic carbocycles. The van der Waals surface area contributed by atoms with Crippen LogP contribution in [0, 0.1) is 0 Å². The van der Waals surface area contributed by atoms with Crippen molar-refractivity contribution in [3.05, 3.63) is 18.2 Å². The van der Waals surface area contributed by atoms with Gasteiger partial charge in [0.2, 0.25) is 6.41 Å². The Kier molecular flexibility index (Phi) is 5.67. The lowest BCUT2D eigenvalue weighted by Gasteiger charge is -2.34. The van der Waals surface area contributed by atoms with Crippen LogP contribution < -0.4 is 9.80 Å². The molecule has 1 amide bonds. The molecular weight excluding hydrogens is 306 g/mol. The summed E-state index contributed by atoms with van der Waals surface area (Å²) in [4.78, 5) is 15.7. The first kappa shape index (κ1) is 17.1. The van der Waals surface area contributed by atoms with Gasteiger partial charge in [-0.3, -0.25) is 4.79 Å². The molecule has 1 aliphatic rings. The van der Waals surface area contributed by atoms with E-state index in [-0.39, 0.29) is 12.8 Å². The van der Waals surface area contributed by atoms with Crippen LogP contribution in [0.3, 0.4) is 0 Å². The zero-order valence-electron chi connectivity index (χ0n) is 13.0. The highest BCUT2D eigenvalue weighted by molar-refractivity contribution is 7.99. The van der Waals surface area contributed by atoms with E-state index in [9.17, 15) is 13.6 Å². The number of anilines is 2. The molecule has 0 radical (unpaired) electrons. The molecule has 0 aromatic heterocycles. The number of thioether (sulfide) groups is 1. The number of halogens is 2. The molecule has 1 saturated heterocycles. The molecule has 6 heteroatoms. The lowest BCUT2D eigenvalue weighted by molar-refractivity contribution is -0.107. The van der Waals surface area contributed by atoms with E-state index in [0.29, 0.717) is 13.1 Å². The lowest BCUT2D eigenvalue weighted by Crippen LogP contribution is -2.39. The van der Waals surface area contributed by atoms with Gasteiger partial charge in [-0.05, 0) is 30.4 Å². The van der Waals surface area contributed by atoms with Gasteiger partial charge >= 0.3 is 0 Å². The number of rotatable bonds is 6. The largest absolute Gasteiger partial charge is 0.371 e. The summed E-state index contributed by atoms with van der Waals surface area (Å²) in [5.41, 5.74) is 1.74. The van der Waals surface area contributed by atoms with Crippen LogP contribution in [0.25, 0.3) is 0 Å². The van der Waals surface area contributed by atoms with Crippen molar-refractivity contribution in [2.75, 3.05) is 35.7 Å². The minimum atomic E-state index is -2.55. The first-order valence-electron chi connectivity index (χ1n) is 7.54. The molecule has 0 saturated carbocycles. The van der Waals surface area contributed by atoms with Gasteiger partial charge in [0.05, 0.1) is 5.69 Å². The zero-order valence-corrected chi connectivity index (χ0v) is 13.8. The second-order valence-corrected chi connectivity index (χ2v) is 6.70. The maximum Gasteiger partial charge on any atom is 0.251 e. The summed E-state index contributed by atoms with van der Waals surface area (Å²) in [5, 5.41) is 0. The number of nitrogens with zero attached hydrogens (tertiary/aromatic N) is 2. The molecule has 1 aliphatic heterocycles. The monoisotopic (exact) mass is 328 g/mol. The molecule has 0 bridgehead atoms. The Morgan fingerprint density at radius 2 is 2.05 bits per heavy atom. The lowest BCUT2D eigenvalue weighted by atomic mass is 10.1. The van der Waals surface area contributed by atoms with Gasteiger partial charge in [0.1, 0.15) is 0 Å². The fourth-order valence-electron chi connectivity index (χ4n) is 2.46. The van der Waals surface area contributed by atoms with Crippen molar-refractivity contribution in [2.24, 2.45) is 0 Å². The van der Waals surface area contributed by atoms with Crippen molar-refractivity contribution in [1.29, 1.82) is 0 Å².